The Labute approximate surface area is 92.5 Å². The Morgan fingerprint density at radius 2 is 1.81 bits per heavy atom. The van der Waals surface area contributed by atoms with E-state index in [1.807, 2.05) is 12.1 Å². The maximum atomic E-state index is 11.8. The standard InChI is InChI=1S/C12H11NO3/c14-11-12(1-2-12)7-5-9-10(6-8(7)13-11)16-4-3-15-9/h5-6H,1-4H2,(H,13,14). The first-order chi connectivity index (χ1) is 7.79. The second kappa shape index (κ2) is 2.51. The minimum absolute atomic E-state index is 0.129. The summed E-state index contributed by atoms with van der Waals surface area (Å²) in [5, 5.41) is 2.93. The number of carbonyl (C=O) groups is 1. The van der Waals surface area contributed by atoms with Gasteiger partial charge in [0.05, 0.1) is 5.41 Å². The Kier molecular flexibility index (Phi) is 1.32. The van der Waals surface area contributed by atoms with Crippen LogP contribution < -0.4 is 14.8 Å². The lowest BCUT2D eigenvalue weighted by molar-refractivity contribution is -0.117. The number of hydrogen-bond acceptors (Lipinski definition) is 3. The van der Waals surface area contributed by atoms with Crippen molar-refractivity contribution in [2.45, 2.75) is 18.3 Å². The molecule has 1 fully saturated rings. The molecular weight excluding hydrogens is 206 g/mol. The lowest BCUT2D eigenvalue weighted by Crippen LogP contribution is -2.18. The van der Waals surface area contributed by atoms with Crippen molar-refractivity contribution in [3.05, 3.63) is 17.7 Å². The normalized spacial score (nSPS) is 22.9. The SMILES string of the molecule is O=C1Nc2cc3c(cc2C12CC2)OCCO3. The number of anilines is 1. The fourth-order valence-electron chi connectivity index (χ4n) is 2.57. The van der Waals surface area contributed by atoms with Gasteiger partial charge in [-0.3, -0.25) is 4.79 Å². The molecule has 1 aromatic rings. The minimum Gasteiger partial charge on any atom is -0.486 e. The predicted octanol–water partition coefficient (Wildman–Crippen LogP) is 1.44. The molecule has 2 heterocycles. The fraction of sp³-hybridized carbons (Fsp3) is 0.417. The molecule has 4 heteroatoms. The Balaban J connectivity index is 1.91. The molecule has 4 rings (SSSR count). The van der Waals surface area contributed by atoms with Crippen LogP contribution in [0, 0.1) is 0 Å². The first-order valence-electron chi connectivity index (χ1n) is 5.55. The average Bonchev–Trinajstić information content (AvgIpc) is 3.04. The van der Waals surface area contributed by atoms with E-state index < -0.39 is 0 Å². The highest BCUT2D eigenvalue weighted by Crippen LogP contribution is 2.57. The third kappa shape index (κ3) is 0.876. The van der Waals surface area contributed by atoms with Crippen LogP contribution in [0.3, 0.4) is 0 Å². The van der Waals surface area contributed by atoms with E-state index in [-0.39, 0.29) is 11.3 Å². The summed E-state index contributed by atoms with van der Waals surface area (Å²) in [4.78, 5) is 11.8. The van der Waals surface area contributed by atoms with Crippen LogP contribution in [0.15, 0.2) is 12.1 Å². The molecule has 16 heavy (non-hydrogen) atoms. The highest BCUT2D eigenvalue weighted by molar-refractivity contribution is 6.08. The van der Waals surface area contributed by atoms with Gasteiger partial charge in [-0.1, -0.05) is 0 Å². The van der Waals surface area contributed by atoms with Gasteiger partial charge in [0.25, 0.3) is 0 Å². The van der Waals surface area contributed by atoms with Gasteiger partial charge in [0.2, 0.25) is 5.91 Å². The predicted molar refractivity (Wildman–Crippen MR) is 57.0 cm³/mol. The second-order valence-corrected chi connectivity index (χ2v) is 4.58. The molecule has 3 aliphatic rings. The maximum Gasteiger partial charge on any atom is 0.235 e. The first kappa shape index (κ1) is 8.44. The lowest BCUT2D eigenvalue weighted by Gasteiger charge is -2.19. The average molecular weight is 217 g/mol. The van der Waals surface area contributed by atoms with Gasteiger partial charge in [-0.15, -0.1) is 0 Å². The Morgan fingerprint density at radius 1 is 1.12 bits per heavy atom. The summed E-state index contributed by atoms with van der Waals surface area (Å²) in [6, 6.07) is 3.85. The lowest BCUT2D eigenvalue weighted by atomic mass is 9.97. The van der Waals surface area contributed by atoms with E-state index in [1.165, 1.54) is 0 Å². The van der Waals surface area contributed by atoms with Gasteiger partial charge in [-0.2, -0.15) is 0 Å². The van der Waals surface area contributed by atoms with Crippen molar-refractivity contribution in [2.24, 2.45) is 0 Å². The third-order valence-electron chi connectivity index (χ3n) is 3.63. The number of amides is 1. The van der Waals surface area contributed by atoms with E-state index in [9.17, 15) is 4.79 Å². The van der Waals surface area contributed by atoms with Crippen molar-refractivity contribution >= 4 is 11.6 Å². The topological polar surface area (TPSA) is 47.6 Å². The molecule has 0 saturated heterocycles. The zero-order chi connectivity index (χ0) is 10.8. The number of nitrogens with one attached hydrogen (secondary N) is 1. The molecule has 1 spiro atoms. The van der Waals surface area contributed by atoms with Crippen LogP contribution in [0.4, 0.5) is 5.69 Å². The number of ether oxygens (including phenoxy) is 2. The maximum absolute atomic E-state index is 11.8. The highest BCUT2D eigenvalue weighted by Gasteiger charge is 2.56. The molecular formula is C12H11NO3. The zero-order valence-electron chi connectivity index (χ0n) is 8.71. The number of rotatable bonds is 0. The van der Waals surface area contributed by atoms with Crippen LogP contribution in [-0.4, -0.2) is 19.1 Å². The van der Waals surface area contributed by atoms with Gasteiger partial charge >= 0.3 is 0 Å². The molecule has 0 aromatic heterocycles. The second-order valence-electron chi connectivity index (χ2n) is 4.58. The van der Waals surface area contributed by atoms with Crippen molar-refractivity contribution in [1.29, 1.82) is 0 Å². The monoisotopic (exact) mass is 217 g/mol. The number of benzene rings is 1. The van der Waals surface area contributed by atoms with Crippen LogP contribution in [0.2, 0.25) is 0 Å². The highest BCUT2D eigenvalue weighted by atomic mass is 16.6. The molecule has 0 radical (unpaired) electrons. The smallest absolute Gasteiger partial charge is 0.235 e. The summed E-state index contributed by atoms with van der Waals surface area (Å²) in [7, 11) is 0. The van der Waals surface area contributed by atoms with Gasteiger partial charge in [0, 0.05) is 11.8 Å². The fourth-order valence-corrected chi connectivity index (χ4v) is 2.57. The molecule has 0 unspecified atom stereocenters. The molecule has 0 bridgehead atoms. The van der Waals surface area contributed by atoms with Crippen LogP contribution in [0.5, 0.6) is 11.5 Å². The van der Waals surface area contributed by atoms with Crippen molar-refractivity contribution in [3.63, 3.8) is 0 Å². The zero-order valence-corrected chi connectivity index (χ0v) is 8.71. The first-order valence-corrected chi connectivity index (χ1v) is 5.55. The minimum atomic E-state index is -0.245. The summed E-state index contributed by atoms with van der Waals surface area (Å²) < 4.78 is 11.0. The largest absolute Gasteiger partial charge is 0.486 e. The Bertz CT molecular complexity index is 505. The third-order valence-corrected chi connectivity index (χ3v) is 3.63. The van der Waals surface area contributed by atoms with E-state index in [0.29, 0.717) is 13.2 Å². The van der Waals surface area contributed by atoms with Crippen molar-refractivity contribution in [2.75, 3.05) is 18.5 Å². The molecule has 82 valence electrons. The number of carbonyl (C=O) groups excluding carboxylic acids is 1. The van der Waals surface area contributed by atoms with Crippen LogP contribution in [0.1, 0.15) is 18.4 Å². The molecule has 2 aliphatic heterocycles. The summed E-state index contributed by atoms with van der Waals surface area (Å²) >= 11 is 0. The van der Waals surface area contributed by atoms with E-state index in [1.54, 1.807) is 0 Å². The van der Waals surface area contributed by atoms with E-state index in [0.717, 1.165) is 35.6 Å². The quantitative estimate of drug-likeness (QED) is 0.715. The molecule has 1 aliphatic carbocycles. The molecule has 4 nitrogen and oxygen atoms in total. The van der Waals surface area contributed by atoms with Crippen molar-refractivity contribution in [3.8, 4) is 11.5 Å². The molecule has 1 amide bonds. The van der Waals surface area contributed by atoms with Crippen molar-refractivity contribution < 1.29 is 14.3 Å². The van der Waals surface area contributed by atoms with Crippen LogP contribution in [0.25, 0.3) is 0 Å². The number of hydrogen-bond donors (Lipinski definition) is 1. The summed E-state index contributed by atoms with van der Waals surface area (Å²) in [6.07, 6.45) is 1.90. The summed E-state index contributed by atoms with van der Waals surface area (Å²) in [5.41, 5.74) is 1.74. The number of fused-ring (bicyclic) bond motifs is 3. The van der Waals surface area contributed by atoms with Gasteiger partial charge in [0.15, 0.2) is 11.5 Å². The molecule has 1 saturated carbocycles. The van der Waals surface area contributed by atoms with E-state index in [2.05, 4.69) is 5.32 Å². The molecule has 1 N–H and O–H groups in total. The van der Waals surface area contributed by atoms with Crippen LogP contribution in [-0.2, 0) is 10.2 Å². The van der Waals surface area contributed by atoms with Crippen molar-refractivity contribution in [1.82, 2.24) is 0 Å². The van der Waals surface area contributed by atoms with Gasteiger partial charge in [0.1, 0.15) is 13.2 Å². The Morgan fingerprint density at radius 3 is 2.50 bits per heavy atom. The molecule has 0 atom stereocenters. The summed E-state index contributed by atoms with van der Waals surface area (Å²) in [5.74, 6) is 1.64. The van der Waals surface area contributed by atoms with Gasteiger partial charge in [-0.05, 0) is 24.5 Å². The van der Waals surface area contributed by atoms with E-state index >= 15 is 0 Å². The van der Waals surface area contributed by atoms with Gasteiger partial charge < -0.3 is 14.8 Å². The Hall–Kier alpha value is -1.71. The van der Waals surface area contributed by atoms with Gasteiger partial charge in [-0.25, -0.2) is 0 Å². The van der Waals surface area contributed by atoms with E-state index in [4.69, 9.17) is 9.47 Å². The molecule has 1 aromatic carbocycles. The van der Waals surface area contributed by atoms with Crippen LogP contribution >= 0.6 is 0 Å². The summed E-state index contributed by atoms with van der Waals surface area (Å²) in [6.45, 7) is 1.16.